The Balaban J connectivity index is 1.94. The number of thiophene rings is 1. The minimum atomic E-state index is 0.179. The van der Waals surface area contributed by atoms with E-state index >= 15 is 0 Å². The molecule has 1 fully saturated rings. The van der Waals surface area contributed by atoms with Crippen molar-refractivity contribution in [2.75, 3.05) is 19.6 Å². The Hall–Kier alpha value is -0.870. The maximum atomic E-state index is 11.9. The Labute approximate surface area is 126 Å². The zero-order valence-corrected chi connectivity index (χ0v) is 13.4. The lowest BCUT2D eigenvalue weighted by Crippen LogP contribution is -2.40. The van der Waals surface area contributed by atoms with Crippen LogP contribution in [-0.4, -0.2) is 30.4 Å². The highest BCUT2D eigenvalue weighted by Crippen LogP contribution is 2.27. The van der Waals surface area contributed by atoms with Crippen molar-refractivity contribution < 1.29 is 4.79 Å². The first kappa shape index (κ1) is 15.5. The number of carbonyl (C=O) groups excluding carboxylic acids is 1. The Kier molecular flexibility index (Phi) is 6.05. The van der Waals surface area contributed by atoms with Gasteiger partial charge in [-0.15, -0.1) is 11.3 Å². The number of rotatable bonds is 6. The smallest absolute Gasteiger partial charge is 0.220 e. The number of piperidine rings is 1. The van der Waals surface area contributed by atoms with E-state index in [9.17, 15) is 4.79 Å². The van der Waals surface area contributed by atoms with Gasteiger partial charge >= 0.3 is 0 Å². The summed E-state index contributed by atoms with van der Waals surface area (Å²) in [6.45, 7) is 7.22. The summed E-state index contributed by atoms with van der Waals surface area (Å²) in [7, 11) is 0. The summed E-state index contributed by atoms with van der Waals surface area (Å²) in [5.74, 6) is 0.601. The molecule has 2 heterocycles. The maximum Gasteiger partial charge on any atom is 0.220 e. The first-order valence-corrected chi connectivity index (χ1v) is 8.59. The van der Waals surface area contributed by atoms with Crippen LogP contribution in [0, 0.1) is 5.92 Å². The Morgan fingerprint density at radius 3 is 2.70 bits per heavy atom. The number of carbonyl (C=O) groups is 1. The van der Waals surface area contributed by atoms with E-state index in [0.29, 0.717) is 18.4 Å². The summed E-state index contributed by atoms with van der Waals surface area (Å²) >= 11 is 1.80. The number of nitrogens with one attached hydrogen (secondary N) is 1. The molecule has 1 saturated heterocycles. The van der Waals surface area contributed by atoms with Crippen LogP contribution in [0.4, 0.5) is 0 Å². The van der Waals surface area contributed by atoms with Crippen LogP contribution in [0.3, 0.4) is 0 Å². The minimum Gasteiger partial charge on any atom is -0.354 e. The molecule has 112 valence electrons. The second kappa shape index (κ2) is 7.79. The third-order valence-electron chi connectivity index (χ3n) is 3.79. The molecule has 1 aliphatic heterocycles. The quantitative estimate of drug-likeness (QED) is 0.871. The number of likely N-dealkylation sites (tertiary alicyclic amines) is 1. The molecule has 0 saturated carbocycles. The molecule has 4 heteroatoms. The maximum absolute atomic E-state index is 11.9. The lowest BCUT2D eigenvalue weighted by molar-refractivity contribution is -0.122. The number of hydrogen-bond donors (Lipinski definition) is 1. The number of hydrogen-bond acceptors (Lipinski definition) is 3. The van der Waals surface area contributed by atoms with Gasteiger partial charge in [-0.1, -0.05) is 26.3 Å². The van der Waals surface area contributed by atoms with Gasteiger partial charge in [0, 0.05) is 17.8 Å². The van der Waals surface area contributed by atoms with Gasteiger partial charge in [0.05, 0.1) is 6.04 Å². The fraction of sp³-hybridized carbons (Fsp3) is 0.688. The van der Waals surface area contributed by atoms with Gasteiger partial charge in [-0.3, -0.25) is 9.69 Å². The van der Waals surface area contributed by atoms with Crippen LogP contribution in [0.15, 0.2) is 17.5 Å². The normalized spacial score (nSPS) is 18.1. The van der Waals surface area contributed by atoms with E-state index in [1.165, 1.54) is 24.1 Å². The lowest BCUT2D eigenvalue weighted by Gasteiger charge is -2.34. The fourth-order valence-electron chi connectivity index (χ4n) is 2.77. The predicted octanol–water partition coefficient (Wildman–Crippen LogP) is 3.44. The van der Waals surface area contributed by atoms with Crippen LogP contribution in [0.5, 0.6) is 0 Å². The molecule has 1 aliphatic rings. The molecule has 20 heavy (non-hydrogen) atoms. The molecule has 2 rings (SSSR count). The van der Waals surface area contributed by atoms with Crippen LogP contribution in [0.25, 0.3) is 0 Å². The van der Waals surface area contributed by atoms with Crippen molar-refractivity contribution in [3.05, 3.63) is 22.4 Å². The minimum absolute atomic E-state index is 0.179. The van der Waals surface area contributed by atoms with Crippen molar-refractivity contribution in [3.63, 3.8) is 0 Å². The molecule has 0 spiro atoms. The molecule has 3 nitrogen and oxygen atoms in total. The van der Waals surface area contributed by atoms with Crippen molar-refractivity contribution in [2.24, 2.45) is 5.92 Å². The summed E-state index contributed by atoms with van der Waals surface area (Å²) in [4.78, 5) is 15.8. The van der Waals surface area contributed by atoms with Crippen molar-refractivity contribution in [1.29, 1.82) is 0 Å². The third-order valence-corrected chi connectivity index (χ3v) is 4.76. The second-order valence-electron chi connectivity index (χ2n) is 6.03. The zero-order chi connectivity index (χ0) is 14.4. The van der Waals surface area contributed by atoms with E-state index in [1.807, 2.05) is 0 Å². The third kappa shape index (κ3) is 4.60. The van der Waals surface area contributed by atoms with Gasteiger partial charge in [-0.25, -0.2) is 0 Å². The standard InChI is InChI=1S/C16H26N2OS/c1-13(2)11-16(19)17-12-14(15-7-6-10-20-15)18-8-4-3-5-9-18/h6-7,10,13-14H,3-5,8-9,11-12H2,1-2H3,(H,17,19). The summed E-state index contributed by atoms with van der Waals surface area (Å²) in [6.07, 6.45) is 4.52. The molecule has 0 aromatic carbocycles. The van der Waals surface area contributed by atoms with Crippen molar-refractivity contribution >= 4 is 17.2 Å². The average molecular weight is 294 g/mol. The zero-order valence-electron chi connectivity index (χ0n) is 12.6. The fourth-order valence-corrected chi connectivity index (χ4v) is 3.63. The highest BCUT2D eigenvalue weighted by atomic mass is 32.1. The second-order valence-corrected chi connectivity index (χ2v) is 7.01. The molecule has 1 amide bonds. The monoisotopic (exact) mass is 294 g/mol. The molecule has 1 aromatic rings. The molecule has 1 unspecified atom stereocenters. The first-order chi connectivity index (χ1) is 9.66. The van der Waals surface area contributed by atoms with Gasteiger partial charge in [-0.2, -0.15) is 0 Å². The van der Waals surface area contributed by atoms with Gasteiger partial charge in [0.1, 0.15) is 0 Å². The molecule has 0 radical (unpaired) electrons. The molecule has 0 aliphatic carbocycles. The van der Waals surface area contributed by atoms with E-state index in [2.05, 4.69) is 41.6 Å². The van der Waals surface area contributed by atoms with Crippen molar-refractivity contribution in [3.8, 4) is 0 Å². The molecule has 0 bridgehead atoms. The highest BCUT2D eigenvalue weighted by molar-refractivity contribution is 7.10. The Morgan fingerprint density at radius 1 is 1.35 bits per heavy atom. The molecule has 1 N–H and O–H groups in total. The first-order valence-electron chi connectivity index (χ1n) is 7.71. The van der Waals surface area contributed by atoms with Crippen LogP contribution < -0.4 is 5.32 Å². The molecule has 1 atom stereocenters. The summed E-state index contributed by atoms with van der Waals surface area (Å²) in [6, 6.07) is 4.65. The Morgan fingerprint density at radius 2 is 2.10 bits per heavy atom. The van der Waals surface area contributed by atoms with Crippen LogP contribution in [0.2, 0.25) is 0 Å². The van der Waals surface area contributed by atoms with Crippen molar-refractivity contribution in [2.45, 2.75) is 45.6 Å². The average Bonchev–Trinajstić information content (AvgIpc) is 2.93. The van der Waals surface area contributed by atoms with Gasteiger partial charge in [0.15, 0.2) is 0 Å². The SMILES string of the molecule is CC(C)CC(=O)NCC(c1cccs1)N1CCCCC1. The molecule has 1 aromatic heterocycles. The van der Waals surface area contributed by atoms with E-state index in [-0.39, 0.29) is 5.91 Å². The lowest BCUT2D eigenvalue weighted by atomic mass is 10.1. The highest BCUT2D eigenvalue weighted by Gasteiger charge is 2.23. The summed E-state index contributed by atoms with van der Waals surface area (Å²) in [5.41, 5.74) is 0. The summed E-state index contributed by atoms with van der Waals surface area (Å²) in [5, 5.41) is 5.25. The van der Waals surface area contributed by atoms with E-state index in [0.717, 1.165) is 19.6 Å². The van der Waals surface area contributed by atoms with Crippen LogP contribution in [-0.2, 0) is 4.79 Å². The Bertz CT molecular complexity index is 397. The van der Waals surface area contributed by atoms with E-state index in [4.69, 9.17) is 0 Å². The van der Waals surface area contributed by atoms with Crippen LogP contribution in [0.1, 0.15) is 50.4 Å². The van der Waals surface area contributed by atoms with E-state index < -0.39 is 0 Å². The topological polar surface area (TPSA) is 32.3 Å². The summed E-state index contributed by atoms with van der Waals surface area (Å²) < 4.78 is 0. The van der Waals surface area contributed by atoms with E-state index in [1.54, 1.807) is 11.3 Å². The number of amides is 1. The van der Waals surface area contributed by atoms with Gasteiger partial charge in [-0.05, 0) is 43.3 Å². The van der Waals surface area contributed by atoms with Gasteiger partial charge in [0.25, 0.3) is 0 Å². The molecular formula is C16H26N2OS. The van der Waals surface area contributed by atoms with Gasteiger partial charge in [0.2, 0.25) is 5.91 Å². The number of nitrogens with zero attached hydrogens (tertiary/aromatic N) is 1. The van der Waals surface area contributed by atoms with Crippen LogP contribution >= 0.6 is 11.3 Å². The predicted molar refractivity (Wildman–Crippen MR) is 84.9 cm³/mol. The van der Waals surface area contributed by atoms with Crippen molar-refractivity contribution in [1.82, 2.24) is 10.2 Å². The largest absolute Gasteiger partial charge is 0.354 e. The molecular weight excluding hydrogens is 268 g/mol. The van der Waals surface area contributed by atoms with Gasteiger partial charge < -0.3 is 5.32 Å².